The summed E-state index contributed by atoms with van der Waals surface area (Å²) in [6, 6.07) is 20.5. The van der Waals surface area contributed by atoms with Crippen molar-refractivity contribution in [2.75, 3.05) is 0 Å². The molecule has 0 aliphatic carbocycles. The number of rotatable bonds is 2. The lowest BCUT2D eigenvalue weighted by molar-refractivity contribution is 0.187. The Morgan fingerprint density at radius 1 is 0.826 bits per heavy atom. The van der Waals surface area contributed by atoms with Gasteiger partial charge in [-0.1, -0.05) is 60.7 Å². The molecule has 118 valence electrons. The SMILES string of the molecule is CC1N=C(c2ccccc2)N=C(c2ccccc2)N1C(C)(C)C. The summed E-state index contributed by atoms with van der Waals surface area (Å²) in [4.78, 5) is 12.0. The maximum atomic E-state index is 4.91. The summed E-state index contributed by atoms with van der Waals surface area (Å²) in [6.07, 6.45) is 0.0397. The number of nitrogens with zero attached hydrogens (tertiary/aromatic N) is 3. The molecule has 0 N–H and O–H groups in total. The number of benzene rings is 2. The van der Waals surface area contributed by atoms with Crippen LogP contribution in [-0.2, 0) is 0 Å². The average Bonchev–Trinajstić information content (AvgIpc) is 2.54. The van der Waals surface area contributed by atoms with Gasteiger partial charge in [-0.2, -0.15) is 0 Å². The minimum absolute atomic E-state index is 0.0397. The van der Waals surface area contributed by atoms with Gasteiger partial charge in [-0.15, -0.1) is 0 Å². The van der Waals surface area contributed by atoms with E-state index < -0.39 is 0 Å². The van der Waals surface area contributed by atoms with E-state index in [9.17, 15) is 0 Å². The van der Waals surface area contributed by atoms with Crippen LogP contribution in [0.25, 0.3) is 0 Å². The fraction of sp³-hybridized carbons (Fsp3) is 0.300. The zero-order valence-corrected chi connectivity index (χ0v) is 14.2. The van der Waals surface area contributed by atoms with Gasteiger partial charge in [0.15, 0.2) is 5.84 Å². The van der Waals surface area contributed by atoms with Gasteiger partial charge in [0.1, 0.15) is 12.0 Å². The highest BCUT2D eigenvalue weighted by Gasteiger charge is 2.33. The second-order valence-electron chi connectivity index (χ2n) is 6.79. The van der Waals surface area contributed by atoms with Gasteiger partial charge in [-0.25, -0.2) is 9.98 Å². The van der Waals surface area contributed by atoms with Crippen LogP contribution in [0.4, 0.5) is 0 Å². The predicted molar refractivity (Wildman–Crippen MR) is 97.0 cm³/mol. The van der Waals surface area contributed by atoms with Gasteiger partial charge < -0.3 is 4.90 Å². The molecule has 3 heteroatoms. The van der Waals surface area contributed by atoms with Crippen LogP contribution < -0.4 is 0 Å². The van der Waals surface area contributed by atoms with Gasteiger partial charge in [-0.05, 0) is 27.7 Å². The summed E-state index contributed by atoms with van der Waals surface area (Å²) in [5.74, 6) is 1.79. The molecule has 1 aliphatic heterocycles. The zero-order valence-electron chi connectivity index (χ0n) is 14.2. The van der Waals surface area contributed by atoms with E-state index in [1.54, 1.807) is 0 Å². The van der Waals surface area contributed by atoms with Crippen LogP contribution in [-0.4, -0.2) is 28.3 Å². The molecule has 1 atom stereocenters. The summed E-state index contributed by atoms with van der Waals surface area (Å²) in [6.45, 7) is 8.73. The van der Waals surface area contributed by atoms with Gasteiger partial charge in [0.2, 0.25) is 0 Å². The maximum absolute atomic E-state index is 4.91. The van der Waals surface area contributed by atoms with E-state index in [1.807, 2.05) is 24.3 Å². The van der Waals surface area contributed by atoms with Gasteiger partial charge in [0, 0.05) is 16.7 Å². The Balaban J connectivity index is 2.12. The van der Waals surface area contributed by atoms with Crippen molar-refractivity contribution < 1.29 is 0 Å². The zero-order chi connectivity index (χ0) is 16.4. The van der Waals surface area contributed by atoms with Crippen molar-refractivity contribution in [3.63, 3.8) is 0 Å². The largest absolute Gasteiger partial charge is 0.329 e. The first-order valence-corrected chi connectivity index (χ1v) is 8.03. The molecule has 0 amide bonds. The van der Waals surface area contributed by atoms with Gasteiger partial charge >= 0.3 is 0 Å². The van der Waals surface area contributed by atoms with E-state index in [4.69, 9.17) is 9.98 Å². The molecular formula is C20H23N3. The number of hydrogen-bond donors (Lipinski definition) is 0. The van der Waals surface area contributed by atoms with Crippen LogP contribution in [0.3, 0.4) is 0 Å². The van der Waals surface area contributed by atoms with E-state index in [0.717, 1.165) is 22.8 Å². The molecule has 0 bridgehead atoms. The Morgan fingerprint density at radius 2 is 1.35 bits per heavy atom. The molecule has 0 fully saturated rings. The average molecular weight is 305 g/mol. The Bertz CT molecular complexity index is 724. The molecule has 0 saturated carbocycles. The lowest BCUT2D eigenvalue weighted by atomic mass is 10.0. The van der Waals surface area contributed by atoms with E-state index in [0.29, 0.717) is 0 Å². The number of hydrogen-bond acceptors (Lipinski definition) is 3. The highest BCUT2D eigenvalue weighted by atomic mass is 15.4. The number of amidine groups is 2. The first kappa shape index (κ1) is 15.5. The Morgan fingerprint density at radius 3 is 1.87 bits per heavy atom. The summed E-state index contributed by atoms with van der Waals surface area (Å²) < 4.78 is 0. The fourth-order valence-corrected chi connectivity index (χ4v) is 2.99. The Labute approximate surface area is 138 Å². The van der Waals surface area contributed by atoms with Gasteiger partial charge in [0.05, 0.1) is 0 Å². The van der Waals surface area contributed by atoms with Crippen molar-refractivity contribution in [2.24, 2.45) is 9.98 Å². The smallest absolute Gasteiger partial charge is 0.159 e. The number of aliphatic imine (C=N–C) groups is 2. The molecule has 0 saturated heterocycles. The van der Waals surface area contributed by atoms with Crippen molar-refractivity contribution in [3.05, 3.63) is 71.8 Å². The summed E-state index contributed by atoms with van der Waals surface area (Å²) in [7, 11) is 0. The van der Waals surface area contributed by atoms with Crippen molar-refractivity contribution in [2.45, 2.75) is 39.4 Å². The molecule has 0 spiro atoms. The van der Waals surface area contributed by atoms with Crippen LogP contribution in [0.5, 0.6) is 0 Å². The lowest BCUT2D eigenvalue weighted by Crippen LogP contribution is -2.52. The van der Waals surface area contributed by atoms with Crippen molar-refractivity contribution >= 4 is 11.7 Å². The molecule has 0 aromatic heterocycles. The second kappa shape index (κ2) is 5.99. The third kappa shape index (κ3) is 3.19. The topological polar surface area (TPSA) is 28.0 Å². The third-order valence-corrected chi connectivity index (χ3v) is 3.91. The standard InChI is InChI=1S/C20H23N3/c1-15-21-18(16-11-7-5-8-12-16)22-19(23(15)20(2,3)4)17-13-9-6-10-14-17/h5-15H,1-4H3. The first-order valence-electron chi connectivity index (χ1n) is 8.03. The highest BCUT2D eigenvalue weighted by Crippen LogP contribution is 2.26. The molecule has 2 aromatic carbocycles. The molecule has 0 radical (unpaired) electrons. The molecule has 3 nitrogen and oxygen atoms in total. The first-order chi connectivity index (χ1) is 11.0. The van der Waals surface area contributed by atoms with Crippen LogP contribution in [0.15, 0.2) is 70.6 Å². The van der Waals surface area contributed by atoms with Crippen molar-refractivity contribution in [1.29, 1.82) is 0 Å². The summed E-state index contributed by atoms with van der Waals surface area (Å²) in [5.41, 5.74) is 2.12. The third-order valence-electron chi connectivity index (χ3n) is 3.91. The normalized spacial score (nSPS) is 18.4. The van der Waals surface area contributed by atoms with Crippen LogP contribution in [0, 0.1) is 0 Å². The fourth-order valence-electron chi connectivity index (χ4n) is 2.99. The monoisotopic (exact) mass is 305 g/mol. The van der Waals surface area contributed by atoms with Crippen LogP contribution in [0.1, 0.15) is 38.8 Å². The van der Waals surface area contributed by atoms with Gasteiger partial charge in [0.25, 0.3) is 0 Å². The van der Waals surface area contributed by atoms with Crippen LogP contribution >= 0.6 is 0 Å². The molecule has 23 heavy (non-hydrogen) atoms. The maximum Gasteiger partial charge on any atom is 0.159 e. The van der Waals surface area contributed by atoms with Crippen molar-refractivity contribution in [1.82, 2.24) is 4.90 Å². The van der Waals surface area contributed by atoms with E-state index in [-0.39, 0.29) is 11.7 Å². The van der Waals surface area contributed by atoms with E-state index in [1.165, 1.54) is 0 Å². The molecule has 1 heterocycles. The molecular weight excluding hydrogens is 282 g/mol. The van der Waals surface area contributed by atoms with Gasteiger partial charge in [-0.3, -0.25) is 0 Å². The summed E-state index contributed by atoms with van der Waals surface area (Å²) >= 11 is 0. The minimum atomic E-state index is -0.0557. The van der Waals surface area contributed by atoms with E-state index in [2.05, 4.69) is 69.0 Å². The van der Waals surface area contributed by atoms with E-state index >= 15 is 0 Å². The van der Waals surface area contributed by atoms with Crippen LogP contribution in [0.2, 0.25) is 0 Å². The predicted octanol–water partition coefficient (Wildman–Crippen LogP) is 4.34. The summed E-state index contributed by atoms with van der Waals surface area (Å²) in [5, 5.41) is 0. The quantitative estimate of drug-likeness (QED) is 0.811. The molecule has 1 unspecified atom stereocenters. The lowest BCUT2D eigenvalue weighted by Gasteiger charge is -2.43. The highest BCUT2D eigenvalue weighted by molar-refractivity contribution is 6.13. The Hall–Kier alpha value is -2.42. The molecule has 2 aromatic rings. The molecule has 3 rings (SSSR count). The second-order valence-corrected chi connectivity index (χ2v) is 6.79. The molecule has 1 aliphatic rings. The van der Waals surface area contributed by atoms with Crippen molar-refractivity contribution in [3.8, 4) is 0 Å². The minimum Gasteiger partial charge on any atom is -0.329 e. The Kier molecular flexibility index (Phi) is 4.03.